The predicted octanol–water partition coefficient (Wildman–Crippen LogP) is 1.84. The maximum atomic E-state index is 12.4. The topological polar surface area (TPSA) is 121 Å². The molecule has 0 saturated heterocycles. The van der Waals surface area contributed by atoms with Crippen LogP contribution in [0.2, 0.25) is 0 Å². The van der Waals surface area contributed by atoms with Crippen LogP contribution in [0.15, 0.2) is 66.1 Å². The van der Waals surface area contributed by atoms with E-state index in [0.29, 0.717) is 11.3 Å². The number of benzene rings is 2. The van der Waals surface area contributed by atoms with E-state index >= 15 is 0 Å². The highest BCUT2D eigenvalue weighted by atomic mass is 32.2. The normalized spacial score (nSPS) is 11.8. The monoisotopic (exact) mass is 437 g/mol. The summed E-state index contributed by atoms with van der Waals surface area (Å²) < 4.78 is 52.7. The molecule has 2 aromatic carbocycles. The molecule has 0 unspecified atom stereocenters. The van der Waals surface area contributed by atoms with Gasteiger partial charge in [0.15, 0.2) is 0 Å². The van der Waals surface area contributed by atoms with E-state index in [2.05, 4.69) is 21.3 Å². The summed E-state index contributed by atoms with van der Waals surface area (Å²) in [5.41, 5.74) is 1.19. The molecule has 2 rings (SSSR count). The van der Waals surface area contributed by atoms with Crippen molar-refractivity contribution in [3.8, 4) is 0 Å². The molecule has 0 heterocycles. The Morgan fingerprint density at radius 1 is 1.03 bits per heavy atom. The average molecular weight is 438 g/mol. The number of carbonyl (C=O) groups excluding carboxylic acids is 1. The molecule has 0 atom stereocenters. The number of hydrogen-bond donors (Lipinski definition) is 3. The van der Waals surface area contributed by atoms with E-state index in [1.54, 1.807) is 31.2 Å². The smallest absolute Gasteiger partial charge is 0.255 e. The van der Waals surface area contributed by atoms with E-state index < -0.39 is 26.0 Å². The van der Waals surface area contributed by atoms with Crippen LogP contribution in [-0.4, -0.2) is 35.8 Å². The molecule has 0 saturated carbocycles. The fourth-order valence-corrected chi connectivity index (χ4v) is 4.61. The quantitative estimate of drug-likeness (QED) is 0.490. The number of hydrogen-bond acceptors (Lipinski definition) is 5. The third kappa shape index (κ3) is 6.79. The summed E-state index contributed by atoms with van der Waals surface area (Å²) in [6, 6.07) is 12.0. The minimum atomic E-state index is -3.67. The number of rotatable bonds is 10. The van der Waals surface area contributed by atoms with Crippen LogP contribution in [0, 0.1) is 0 Å². The van der Waals surface area contributed by atoms with Crippen LogP contribution in [0.5, 0.6) is 0 Å². The van der Waals surface area contributed by atoms with E-state index in [4.69, 9.17) is 0 Å². The molecule has 0 aliphatic carbocycles. The molecular weight excluding hydrogens is 414 g/mol. The summed E-state index contributed by atoms with van der Waals surface area (Å²) in [6.07, 6.45) is 1.45. The third-order valence-electron chi connectivity index (χ3n) is 3.76. The zero-order valence-electron chi connectivity index (χ0n) is 15.9. The molecule has 10 heteroatoms. The molecule has 8 nitrogen and oxygen atoms in total. The molecule has 1 amide bonds. The minimum absolute atomic E-state index is 0.000390. The van der Waals surface area contributed by atoms with E-state index in [1.807, 2.05) is 0 Å². The first kappa shape index (κ1) is 22.8. The second-order valence-corrected chi connectivity index (χ2v) is 9.65. The fourth-order valence-electron chi connectivity index (χ4n) is 2.42. The van der Waals surface area contributed by atoms with E-state index in [1.165, 1.54) is 30.3 Å². The van der Waals surface area contributed by atoms with Crippen molar-refractivity contribution in [3.63, 3.8) is 0 Å². The fraction of sp³-hybridized carbons (Fsp3) is 0.211. The van der Waals surface area contributed by atoms with Crippen molar-refractivity contribution < 1.29 is 21.6 Å². The third-order valence-corrected chi connectivity index (χ3v) is 6.62. The van der Waals surface area contributed by atoms with Crippen LogP contribution in [0.25, 0.3) is 0 Å². The Bertz CT molecular complexity index is 1080. The second-order valence-electron chi connectivity index (χ2n) is 6.08. The summed E-state index contributed by atoms with van der Waals surface area (Å²) in [7, 11) is -7.14. The van der Waals surface area contributed by atoms with Crippen LogP contribution < -0.4 is 14.8 Å². The summed E-state index contributed by atoms with van der Waals surface area (Å²) in [5, 5.41) is 2.66. The Labute approximate surface area is 171 Å². The zero-order chi connectivity index (χ0) is 21.5. The van der Waals surface area contributed by atoms with Gasteiger partial charge in [-0.1, -0.05) is 31.2 Å². The van der Waals surface area contributed by atoms with Gasteiger partial charge in [-0.05, 0) is 35.9 Å². The molecule has 0 radical (unpaired) electrons. The Kier molecular flexibility index (Phi) is 7.68. The molecule has 0 aliphatic heterocycles. The second kappa shape index (κ2) is 9.79. The van der Waals surface area contributed by atoms with Crippen molar-refractivity contribution in [2.24, 2.45) is 0 Å². The summed E-state index contributed by atoms with van der Waals surface area (Å²) in [6.45, 7) is 5.52. The van der Waals surface area contributed by atoms with E-state index in [9.17, 15) is 21.6 Å². The van der Waals surface area contributed by atoms with Gasteiger partial charge < -0.3 is 5.32 Å². The van der Waals surface area contributed by atoms with Crippen LogP contribution in [-0.2, 0) is 25.8 Å². The van der Waals surface area contributed by atoms with Gasteiger partial charge in [0.05, 0.1) is 10.6 Å². The summed E-state index contributed by atoms with van der Waals surface area (Å²) in [4.78, 5) is 12.4. The summed E-state index contributed by atoms with van der Waals surface area (Å²) in [5.74, 6) is -0.675. The van der Waals surface area contributed by atoms with Gasteiger partial charge in [-0.25, -0.2) is 26.3 Å². The van der Waals surface area contributed by atoms with Gasteiger partial charge in [-0.15, -0.1) is 6.58 Å². The molecule has 29 heavy (non-hydrogen) atoms. The van der Waals surface area contributed by atoms with Crippen molar-refractivity contribution >= 4 is 31.6 Å². The first-order chi connectivity index (χ1) is 13.7. The largest absolute Gasteiger partial charge is 0.322 e. The molecular formula is C19H23N3O5S2. The molecule has 156 valence electrons. The lowest BCUT2D eigenvalue weighted by atomic mass is 10.2. The van der Waals surface area contributed by atoms with Gasteiger partial charge in [-0.3, -0.25) is 4.79 Å². The Morgan fingerprint density at radius 2 is 1.72 bits per heavy atom. The van der Waals surface area contributed by atoms with Crippen molar-refractivity contribution in [3.05, 3.63) is 72.3 Å². The maximum Gasteiger partial charge on any atom is 0.255 e. The van der Waals surface area contributed by atoms with Crippen LogP contribution in [0.1, 0.15) is 22.8 Å². The van der Waals surface area contributed by atoms with Crippen molar-refractivity contribution in [1.29, 1.82) is 0 Å². The van der Waals surface area contributed by atoms with Gasteiger partial charge in [0.2, 0.25) is 20.0 Å². The number of anilines is 1. The molecule has 0 fully saturated rings. The van der Waals surface area contributed by atoms with Gasteiger partial charge >= 0.3 is 0 Å². The first-order valence-corrected chi connectivity index (χ1v) is 11.9. The molecule has 0 bridgehead atoms. The summed E-state index contributed by atoms with van der Waals surface area (Å²) >= 11 is 0. The zero-order valence-corrected chi connectivity index (χ0v) is 17.5. The van der Waals surface area contributed by atoms with E-state index in [0.717, 1.165) is 0 Å². The average Bonchev–Trinajstić information content (AvgIpc) is 2.68. The predicted molar refractivity (Wildman–Crippen MR) is 113 cm³/mol. The van der Waals surface area contributed by atoms with E-state index in [-0.39, 0.29) is 29.3 Å². The molecule has 0 aromatic heterocycles. The molecule has 0 spiro atoms. The van der Waals surface area contributed by atoms with Gasteiger partial charge in [0.1, 0.15) is 0 Å². The van der Waals surface area contributed by atoms with Crippen LogP contribution >= 0.6 is 0 Å². The molecule has 0 aliphatic rings. The number of amides is 1. The van der Waals surface area contributed by atoms with Crippen molar-refractivity contribution in [2.45, 2.75) is 17.6 Å². The SMILES string of the molecule is C=CCNS(=O)(=O)Cc1ccc(NC(=O)c2cccc(S(=O)(=O)NCC)c2)cc1. The Hall–Kier alpha value is -2.53. The number of nitrogens with one attached hydrogen (secondary N) is 3. The van der Waals surface area contributed by atoms with Gasteiger partial charge in [0, 0.05) is 24.3 Å². The maximum absolute atomic E-state index is 12.4. The minimum Gasteiger partial charge on any atom is -0.322 e. The lowest BCUT2D eigenvalue weighted by Crippen LogP contribution is -2.25. The number of carbonyl (C=O) groups is 1. The number of sulfonamides is 2. The first-order valence-electron chi connectivity index (χ1n) is 8.75. The van der Waals surface area contributed by atoms with Crippen molar-refractivity contribution in [1.82, 2.24) is 9.44 Å². The molecule has 2 aromatic rings. The van der Waals surface area contributed by atoms with Crippen molar-refractivity contribution in [2.75, 3.05) is 18.4 Å². The highest BCUT2D eigenvalue weighted by molar-refractivity contribution is 7.89. The lowest BCUT2D eigenvalue weighted by molar-refractivity contribution is 0.102. The Morgan fingerprint density at radius 3 is 2.34 bits per heavy atom. The van der Waals surface area contributed by atoms with Crippen LogP contribution in [0.3, 0.4) is 0 Å². The van der Waals surface area contributed by atoms with Gasteiger partial charge in [-0.2, -0.15) is 0 Å². The Balaban J connectivity index is 2.09. The molecule has 3 N–H and O–H groups in total. The van der Waals surface area contributed by atoms with Crippen LogP contribution in [0.4, 0.5) is 5.69 Å². The standard InChI is InChI=1S/C19H23N3O5S2/c1-3-12-21-28(24,25)14-15-8-10-17(11-9-15)22-19(23)16-6-5-7-18(13-16)29(26,27)20-4-2/h3,5-11,13,20-21H,1,4,12,14H2,2H3,(H,22,23). The lowest BCUT2D eigenvalue weighted by Gasteiger charge is -2.09. The highest BCUT2D eigenvalue weighted by Gasteiger charge is 2.15. The van der Waals surface area contributed by atoms with Gasteiger partial charge in [0.25, 0.3) is 5.91 Å². The highest BCUT2D eigenvalue weighted by Crippen LogP contribution is 2.15.